The lowest BCUT2D eigenvalue weighted by atomic mass is 10.2. The van der Waals surface area contributed by atoms with Crippen molar-refractivity contribution in [3.05, 3.63) is 48.0 Å². The number of carbonyl (C=O) groups excluding carboxylic acids is 2. The van der Waals surface area contributed by atoms with Crippen molar-refractivity contribution >= 4 is 27.7 Å². The maximum Gasteiger partial charge on any atom is 0.268 e. The summed E-state index contributed by atoms with van der Waals surface area (Å²) in [6.45, 7) is 1.76. The molecule has 2 atom stereocenters. The Morgan fingerprint density at radius 1 is 1.18 bits per heavy atom. The first-order chi connectivity index (χ1) is 15.8. The fourth-order valence-electron chi connectivity index (χ4n) is 3.40. The molecular weight excluding hydrogens is 450 g/mol. The Hall–Kier alpha value is -3.11. The predicted octanol–water partition coefficient (Wildman–Crippen LogP) is 1.87. The molecule has 3 rings (SSSR count). The average Bonchev–Trinajstić information content (AvgIpc) is 3.17. The van der Waals surface area contributed by atoms with Crippen molar-refractivity contribution in [3.63, 3.8) is 0 Å². The number of aliphatic hydroxyl groups excluding tert-OH is 1. The van der Waals surface area contributed by atoms with Crippen molar-refractivity contribution in [1.29, 1.82) is 0 Å². The van der Waals surface area contributed by atoms with Crippen LogP contribution in [0.2, 0.25) is 0 Å². The van der Waals surface area contributed by atoms with Crippen LogP contribution in [-0.4, -0.2) is 69.7 Å². The van der Waals surface area contributed by atoms with Crippen LogP contribution in [0.1, 0.15) is 23.7 Å². The van der Waals surface area contributed by atoms with E-state index in [1.165, 1.54) is 14.0 Å². The van der Waals surface area contributed by atoms with Crippen molar-refractivity contribution < 1.29 is 37.3 Å². The largest absolute Gasteiger partial charge is 0.493 e. The van der Waals surface area contributed by atoms with Crippen molar-refractivity contribution in [2.24, 2.45) is 0 Å². The molecule has 9 nitrogen and oxygen atoms in total. The molecule has 0 saturated carbocycles. The molecule has 1 N–H and O–H groups in total. The topological polar surface area (TPSA) is 119 Å². The summed E-state index contributed by atoms with van der Waals surface area (Å²) in [6, 6.07) is 11.5. The van der Waals surface area contributed by atoms with Crippen LogP contribution in [-0.2, 0) is 14.6 Å². The van der Waals surface area contributed by atoms with Crippen molar-refractivity contribution in [1.82, 2.24) is 0 Å². The van der Waals surface area contributed by atoms with Crippen molar-refractivity contribution in [3.8, 4) is 17.2 Å². The number of benzene rings is 2. The summed E-state index contributed by atoms with van der Waals surface area (Å²) in [5.41, 5.74) is 1.12. The van der Waals surface area contributed by atoms with Gasteiger partial charge < -0.3 is 24.2 Å². The maximum atomic E-state index is 12.9. The third-order valence-corrected chi connectivity index (χ3v) is 7.00. The zero-order chi connectivity index (χ0) is 24.0. The third-order valence-electron chi connectivity index (χ3n) is 5.23. The molecule has 1 saturated heterocycles. The van der Waals surface area contributed by atoms with E-state index in [0.29, 0.717) is 41.5 Å². The lowest BCUT2D eigenvalue weighted by molar-refractivity contribution is -0.122. The number of hydrogen-bond donors (Lipinski definition) is 1. The second kappa shape index (κ2) is 10.7. The van der Waals surface area contributed by atoms with E-state index >= 15 is 0 Å². The van der Waals surface area contributed by atoms with E-state index in [1.54, 1.807) is 47.4 Å². The van der Waals surface area contributed by atoms with Crippen LogP contribution in [0, 0.1) is 0 Å². The molecule has 0 radical (unpaired) electrons. The Kier molecular flexibility index (Phi) is 7.93. The van der Waals surface area contributed by atoms with E-state index in [1.807, 2.05) is 0 Å². The molecule has 1 fully saturated rings. The summed E-state index contributed by atoms with van der Waals surface area (Å²) < 4.78 is 40.0. The Bertz CT molecular complexity index is 1080. The second-order valence-corrected chi connectivity index (χ2v) is 9.97. The van der Waals surface area contributed by atoms with Gasteiger partial charge in [0.25, 0.3) is 5.91 Å². The van der Waals surface area contributed by atoms with Crippen LogP contribution in [0.4, 0.5) is 5.69 Å². The molecule has 1 aliphatic rings. The minimum absolute atomic E-state index is 0.0549. The van der Waals surface area contributed by atoms with Crippen molar-refractivity contribution in [2.45, 2.75) is 25.6 Å². The molecular formula is C23H27NO8S. The summed E-state index contributed by atoms with van der Waals surface area (Å²) in [5, 5.41) is 9.95. The number of aliphatic hydroxyl groups is 1. The Balaban J connectivity index is 1.64. The molecule has 2 aromatic rings. The number of carbonyl (C=O) groups is 2. The number of methoxy groups -OCH3 is 1. The van der Waals surface area contributed by atoms with Crippen LogP contribution in [0.3, 0.4) is 0 Å². The number of amides is 1. The van der Waals surface area contributed by atoms with Crippen LogP contribution >= 0.6 is 0 Å². The van der Waals surface area contributed by atoms with Crippen LogP contribution in [0.25, 0.3) is 0 Å². The number of rotatable bonds is 11. The van der Waals surface area contributed by atoms with Gasteiger partial charge in [0.2, 0.25) is 0 Å². The highest BCUT2D eigenvalue weighted by molar-refractivity contribution is 7.91. The van der Waals surface area contributed by atoms with E-state index in [0.717, 1.165) is 6.29 Å². The number of sulfone groups is 1. The van der Waals surface area contributed by atoms with E-state index in [-0.39, 0.29) is 24.0 Å². The average molecular weight is 478 g/mol. The smallest absolute Gasteiger partial charge is 0.268 e. The monoisotopic (exact) mass is 477 g/mol. The zero-order valence-electron chi connectivity index (χ0n) is 18.5. The maximum absolute atomic E-state index is 12.9. The van der Waals surface area contributed by atoms with E-state index < -0.39 is 22.0 Å². The van der Waals surface area contributed by atoms with Crippen LogP contribution in [0.15, 0.2) is 42.5 Å². The van der Waals surface area contributed by atoms with Gasteiger partial charge in [0.1, 0.15) is 24.7 Å². The fraction of sp³-hybridized carbons (Fsp3) is 0.391. The number of ether oxygens (including phenoxy) is 3. The molecule has 0 bridgehead atoms. The SMILES string of the molecule is CCS(=O)(=O)C[C@H](O)COc1ccc(N2CCC(Oc3ccc(C=O)cc3)C2=O)cc1OC. The molecule has 10 heteroatoms. The van der Waals surface area contributed by atoms with Gasteiger partial charge in [0, 0.05) is 36.0 Å². The van der Waals surface area contributed by atoms with Crippen molar-refractivity contribution in [2.75, 3.05) is 36.7 Å². The highest BCUT2D eigenvalue weighted by Crippen LogP contribution is 2.34. The zero-order valence-corrected chi connectivity index (χ0v) is 19.3. The minimum Gasteiger partial charge on any atom is -0.493 e. The van der Waals surface area contributed by atoms with Crippen LogP contribution < -0.4 is 19.1 Å². The third kappa shape index (κ3) is 6.23. The summed E-state index contributed by atoms with van der Waals surface area (Å²) in [5.74, 6) is 0.534. The van der Waals surface area contributed by atoms with Gasteiger partial charge in [-0.2, -0.15) is 0 Å². The summed E-state index contributed by atoms with van der Waals surface area (Å²) in [6.07, 6.45) is -0.587. The quantitative estimate of drug-likeness (QED) is 0.487. The molecule has 0 aliphatic carbocycles. The molecule has 0 spiro atoms. The molecule has 33 heavy (non-hydrogen) atoms. The van der Waals surface area contributed by atoms with Gasteiger partial charge in [-0.1, -0.05) is 6.92 Å². The van der Waals surface area contributed by atoms with E-state index in [2.05, 4.69) is 0 Å². The molecule has 1 aliphatic heterocycles. The molecule has 1 heterocycles. The normalized spacial score (nSPS) is 17.0. The highest BCUT2D eigenvalue weighted by Gasteiger charge is 2.34. The van der Waals surface area contributed by atoms with Gasteiger partial charge in [-0.05, 0) is 36.4 Å². The first-order valence-electron chi connectivity index (χ1n) is 10.5. The molecule has 1 amide bonds. The number of hydrogen-bond acceptors (Lipinski definition) is 8. The van der Waals surface area contributed by atoms with Gasteiger partial charge in [-0.15, -0.1) is 0 Å². The van der Waals surface area contributed by atoms with Gasteiger partial charge >= 0.3 is 0 Å². The second-order valence-electron chi connectivity index (χ2n) is 7.57. The van der Waals surface area contributed by atoms with Gasteiger partial charge in [0.15, 0.2) is 27.4 Å². The lowest BCUT2D eigenvalue weighted by Gasteiger charge is -2.20. The van der Waals surface area contributed by atoms with Crippen LogP contribution in [0.5, 0.6) is 17.2 Å². The van der Waals surface area contributed by atoms with E-state index in [4.69, 9.17) is 14.2 Å². The van der Waals surface area contributed by atoms with Gasteiger partial charge in [-0.3, -0.25) is 9.59 Å². The Morgan fingerprint density at radius 2 is 1.91 bits per heavy atom. The van der Waals surface area contributed by atoms with E-state index in [9.17, 15) is 23.1 Å². The molecule has 178 valence electrons. The first kappa shape index (κ1) is 24.5. The summed E-state index contributed by atoms with van der Waals surface area (Å²) in [4.78, 5) is 25.2. The number of anilines is 1. The number of aldehydes is 1. The number of nitrogens with zero attached hydrogens (tertiary/aromatic N) is 1. The standard InChI is InChI=1S/C23H27NO8S/c1-3-33(28,29)15-18(26)14-31-20-9-6-17(12-22(20)30-2)24-11-10-21(23(24)27)32-19-7-4-16(13-25)5-8-19/h4-9,12-13,18,21,26H,3,10-11,14-15H2,1-2H3/t18-,21?/m1/s1. The van der Waals surface area contributed by atoms with Gasteiger partial charge in [-0.25, -0.2) is 8.42 Å². The molecule has 0 aromatic heterocycles. The molecule has 2 aromatic carbocycles. The van der Waals surface area contributed by atoms with Gasteiger partial charge in [0.05, 0.1) is 12.9 Å². The summed E-state index contributed by atoms with van der Waals surface area (Å²) >= 11 is 0. The lowest BCUT2D eigenvalue weighted by Crippen LogP contribution is -2.32. The Morgan fingerprint density at radius 3 is 2.55 bits per heavy atom. The Labute approximate surface area is 192 Å². The fourth-order valence-corrected chi connectivity index (χ4v) is 4.32. The molecule has 1 unspecified atom stereocenters. The predicted molar refractivity (Wildman–Crippen MR) is 122 cm³/mol. The first-order valence-corrected chi connectivity index (χ1v) is 12.3. The minimum atomic E-state index is -3.33. The highest BCUT2D eigenvalue weighted by atomic mass is 32.2. The summed E-state index contributed by atoms with van der Waals surface area (Å²) in [7, 11) is -1.88.